The first-order valence-corrected chi connectivity index (χ1v) is 9.74. The second kappa shape index (κ2) is 8.75. The van der Waals surface area contributed by atoms with Gasteiger partial charge in [-0.3, -0.25) is 5.32 Å². The van der Waals surface area contributed by atoms with Crippen LogP contribution in [0, 0.1) is 0 Å². The van der Waals surface area contributed by atoms with Gasteiger partial charge in [0.1, 0.15) is 0 Å². The van der Waals surface area contributed by atoms with Gasteiger partial charge >= 0.3 is 6.03 Å². The van der Waals surface area contributed by atoms with Gasteiger partial charge in [-0.1, -0.05) is 38.1 Å². The van der Waals surface area contributed by atoms with Crippen molar-refractivity contribution in [1.29, 1.82) is 0 Å². The molecule has 0 aliphatic rings. The molecule has 146 valence electrons. The first-order valence-electron chi connectivity index (χ1n) is 8.86. The summed E-state index contributed by atoms with van der Waals surface area (Å²) in [7, 11) is 3.11. The molecule has 0 aliphatic heterocycles. The fraction of sp³-hybridized carbons (Fsp3) is 0.238. The number of urea groups is 1. The predicted octanol–water partition coefficient (Wildman–Crippen LogP) is 5.59. The van der Waals surface area contributed by atoms with E-state index in [0.717, 1.165) is 11.3 Å². The zero-order valence-electron chi connectivity index (χ0n) is 16.3. The lowest BCUT2D eigenvalue weighted by atomic mass is 10.0. The molecule has 2 amide bonds. The molecule has 3 rings (SSSR count). The van der Waals surface area contributed by atoms with Crippen molar-refractivity contribution in [2.75, 3.05) is 24.9 Å². The normalized spacial score (nSPS) is 10.6. The quantitative estimate of drug-likeness (QED) is 0.568. The molecule has 0 unspecified atom stereocenters. The molecule has 0 bridgehead atoms. The number of anilines is 2. The van der Waals surface area contributed by atoms with E-state index in [1.807, 2.05) is 5.38 Å². The lowest BCUT2D eigenvalue weighted by Crippen LogP contribution is -2.19. The van der Waals surface area contributed by atoms with Crippen LogP contribution in [0.25, 0.3) is 11.3 Å². The number of aromatic nitrogens is 1. The highest BCUT2D eigenvalue weighted by Crippen LogP contribution is 2.30. The number of carbonyl (C=O) groups excluding carboxylic acids is 1. The van der Waals surface area contributed by atoms with Crippen LogP contribution in [0.3, 0.4) is 0 Å². The number of nitrogens with one attached hydrogen (secondary N) is 2. The number of hydrogen-bond donors (Lipinski definition) is 2. The van der Waals surface area contributed by atoms with Gasteiger partial charge in [0.05, 0.1) is 19.9 Å². The van der Waals surface area contributed by atoms with Crippen molar-refractivity contribution in [3.63, 3.8) is 0 Å². The van der Waals surface area contributed by atoms with Gasteiger partial charge in [-0.05, 0) is 23.6 Å². The summed E-state index contributed by atoms with van der Waals surface area (Å²) in [6, 6.07) is 13.1. The molecule has 1 heterocycles. The number of amides is 2. The molecule has 6 nitrogen and oxygen atoms in total. The largest absolute Gasteiger partial charge is 0.493 e. The molecule has 1 aromatic heterocycles. The monoisotopic (exact) mass is 397 g/mol. The van der Waals surface area contributed by atoms with Crippen molar-refractivity contribution in [2.45, 2.75) is 19.8 Å². The molecule has 0 aliphatic carbocycles. The highest BCUT2D eigenvalue weighted by molar-refractivity contribution is 7.14. The Morgan fingerprint density at radius 1 is 1.00 bits per heavy atom. The van der Waals surface area contributed by atoms with Gasteiger partial charge in [-0.15, -0.1) is 11.3 Å². The predicted molar refractivity (Wildman–Crippen MR) is 114 cm³/mol. The Bertz CT molecular complexity index is 952. The van der Waals surface area contributed by atoms with E-state index in [1.54, 1.807) is 32.4 Å². The van der Waals surface area contributed by atoms with Crippen LogP contribution in [0.4, 0.5) is 15.6 Å². The summed E-state index contributed by atoms with van der Waals surface area (Å²) in [5, 5.41) is 7.98. The maximum absolute atomic E-state index is 12.3. The van der Waals surface area contributed by atoms with Crippen molar-refractivity contribution in [3.05, 3.63) is 53.4 Å². The molecule has 0 saturated heterocycles. The Balaban J connectivity index is 1.65. The van der Waals surface area contributed by atoms with Crippen molar-refractivity contribution in [3.8, 4) is 22.8 Å². The van der Waals surface area contributed by atoms with E-state index in [4.69, 9.17) is 9.47 Å². The summed E-state index contributed by atoms with van der Waals surface area (Å²) in [5.41, 5.74) is 3.73. The fourth-order valence-electron chi connectivity index (χ4n) is 2.68. The second-order valence-corrected chi connectivity index (χ2v) is 7.32. The van der Waals surface area contributed by atoms with E-state index in [2.05, 4.69) is 53.7 Å². The highest BCUT2D eigenvalue weighted by atomic mass is 32.1. The Kier molecular flexibility index (Phi) is 6.16. The molecule has 28 heavy (non-hydrogen) atoms. The van der Waals surface area contributed by atoms with Crippen LogP contribution in [0.15, 0.2) is 47.8 Å². The Labute approximate surface area is 168 Å². The number of nitrogens with zero attached hydrogens (tertiary/aromatic N) is 1. The Hall–Kier alpha value is -3.06. The van der Waals surface area contributed by atoms with Crippen LogP contribution in [-0.2, 0) is 0 Å². The molecule has 2 aromatic carbocycles. The summed E-state index contributed by atoms with van der Waals surface area (Å²) in [6.07, 6.45) is 0. The van der Waals surface area contributed by atoms with E-state index in [0.29, 0.717) is 28.2 Å². The van der Waals surface area contributed by atoms with Crippen LogP contribution < -0.4 is 20.1 Å². The van der Waals surface area contributed by atoms with E-state index < -0.39 is 0 Å². The van der Waals surface area contributed by atoms with Gasteiger partial charge in [-0.2, -0.15) is 0 Å². The minimum Gasteiger partial charge on any atom is -0.493 e. The Morgan fingerprint density at radius 3 is 2.36 bits per heavy atom. The average Bonchev–Trinajstić information content (AvgIpc) is 3.16. The van der Waals surface area contributed by atoms with Crippen LogP contribution in [0.5, 0.6) is 11.5 Å². The first kappa shape index (κ1) is 19.7. The van der Waals surface area contributed by atoms with Crippen molar-refractivity contribution in [2.24, 2.45) is 0 Å². The lowest BCUT2D eigenvalue weighted by molar-refractivity contribution is 0.262. The minimum absolute atomic E-state index is 0.372. The SMILES string of the molecule is COc1ccc(NC(=O)Nc2nc(-c3ccc(C(C)C)cc3)cs2)cc1OC. The number of thiazole rings is 1. The van der Waals surface area contributed by atoms with E-state index in [-0.39, 0.29) is 6.03 Å². The maximum atomic E-state index is 12.3. The van der Waals surface area contributed by atoms with Crippen molar-refractivity contribution >= 4 is 28.2 Å². The summed E-state index contributed by atoms with van der Waals surface area (Å²) < 4.78 is 10.4. The summed E-state index contributed by atoms with van der Waals surface area (Å²) >= 11 is 1.38. The molecule has 7 heteroatoms. The minimum atomic E-state index is -0.372. The van der Waals surface area contributed by atoms with Gasteiger partial charge in [0, 0.05) is 22.7 Å². The van der Waals surface area contributed by atoms with Crippen molar-refractivity contribution in [1.82, 2.24) is 4.98 Å². The number of hydrogen-bond acceptors (Lipinski definition) is 5. The number of carbonyl (C=O) groups is 1. The number of benzene rings is 2. The van der Waals surface area contributed by atoms with E-state index >= 15 is 0 Å². The maximum Gasteiger partial charge on any atom is 0.325 e. The number of rotatable bonds is 6. The lowest BCUT2D eigenvalue weighted by Gasteiger charge is -2.10. The first-order chi connectivity index (χ1) is 13.5. The van der Waals surface area contributed by atoms with Crippen LogP contribution in [-0.4, -0.2) is 25.2 Å². The topological polar surface area (TPSA) is 72.5 Å². The van der Waals surface area contributed by atoms with Gasteiger partial charge in [0.2, 0.25) is 0 Å². The standard InChI is InChI=1S/C21H23N3O3S/c1-13(2)14-5-7-15(8-6-14)17-12-28-21(23-17)24-20(25)22-16-9-10-18(26-3)19(11-16)27-4/h5-13H,1-4H3,(H2,22,23,24,25). The van der Waals surface area contributed by atoms with Crippen molar-refractivity contribution < 1.29 is 14.3 Å². The molecular formula is C21H23N3O3S. The van der Waals surface area contributed by atoms with E-state index in [1.165, 1.54) is 16.9 Å². The molecule has 0 fully saturated rings. The molecule has 0 spiro atoms. The molecule has 0 radical (unpaired) electrons. The number of ether oxygens (including phenoxy) is 2. The van der Waals surface area contributed by atoms with Gasteiger partial charge < -0.3 is 14.8 Å². The fourth-order valence-corrected chi connectivity index (χ4v) is 3.39. The van der Waals surface area contributed by atoms with Crippen LogP contribution in [0.2, 0.25) is 0 Å². The zero-order chi connectivity index (χ0) is 20.1. The van der Waals surface area contributed by atoms with Gasteiger partial charge in [0.25, 0.3) is 0 Å². The van der Waals surface area contributed by atoms with Gasteiger partial charge in [-0.25, -0.2) is 9.78 Å². The van der Waals surface area contributed by atoms with Crippen LogP contribution in [0.1, 0.15) is 25.3 Å². The summed E-state index contributed by atoms with van der Waals surface area (Å²) in [4.78, 5) is 16.8. The average molecular weight is 398 g/mol. The zero-order valence-corrected chi connectivity index (χ0v) is 17.1. The van der Waals surface area contributed by atoms with E-state index in [9.17, 15) is 4.79 Å². The number of methoxy groups -OCH3 is 2. The third-order valence-corrected chi connectivity index (χ3v) is 5.00. The highest BCUT2D eigenvalue weighted by Gasteiger charge is 2.10. The van der Waals surface area contributed by atoms with Gasteiger partial charge in [0.15, 0.2) is 16.6 Å². The molecule has 2 N–H and O–H groups in total. The summed E-state index contributed by atoms with van der Waals surface area (Å²) in [5.74, 6) is 1.63. The third kappa shape index (κ3) is 4.61. The Morgan fingerprint density at radius 2 is 1.71 bits per heavy atom. The molecule has 0 saturated carbocycles. The molecular weight excluding hydrogens is 374 g/mol. The van der Waals surface area contributed by atoms with Crippen LogP contribution >= 0.6 is 11.3 Å². The molecule has 3 aromatic rings. The molecule has 0 atom stereocenters. The third-order valence-electron chi connectivity index (χ3n) is 4.24. The smallest absolute Gasteiger partial charge is 0.325 e. The second-order valence-electron chi connectivity index (χ2n) is 6.46. The summed E-state index contributed by atoms with van der Waals surface area (Å²) in [6.45, 7) is 4.33.